The van der Waals surface area contributed by atoms with Gasteiger partial charge in [-0.05, 0) is 11.6 Å². The monoisotopic (exact) mass is 373 g/mol. The number of amides is 1. The quantitative estimate of drug-likeness (QED) is 0.864. The summed E-state index contributed by atoms with van der Waals surface area (Å²) in [6.07, 6.45) is -0.651. The second kappa shape index (κ2) is 8.14. The van der Waals surface area contributed by atoms with E-state index in [2.05, 4.69) is 0 Å². The molecule has 0 radical (unpaired) electrons. The Morgan fingerprint density at radius 1 is 1.15 bits per heavy atom. The summed E-state index contributed by atoms with van der Waals surface area (Å²) >= 11 is 1.38. The van der Waals surface area contributed by atoms with Crippen molar-refractivity contribution in [3.8, 4) is 5.75 Å². The van der Waals surface area contributed by atoms with E-state index in [1.54, 1.807) is 13.2 Å². The number of thioether (sulfide) groups is 1. The number of carbonyl (C=O) groups excluding carboxylic acids is 1. The lowest BCUT2D eigenvalue weighted by atomic mass is 10.1. The van der Waals surface area contributed by atoms with Crippen molar-refractivity contribution >= 4 is 23.8 Å². The number of carbonyl (C=O) groups is 2. The number of methoxy groups -OCH3 is 1. The van der Waals surface area contributed by atoms with Gasteiger partial charge < -0.3 is 14.6 Å². The molecule has 6 nitrogen and oxygen atoms in total. The molecule has 7 heteroatoms. The fraction of sp³-hybridized carbons (Fsp3) is 0.263. The van der Waals surface area contributed by atoms with Crippen molar-refractivity contribution in [2.45, 2.75) is 18.0 Å². The van der Waals surface area contributed by atoms with Gasteiger partial charge in [0.25, 0.3) is 0 Å². The minimum absolute atomic E-state index is 0.0891. The highest BCUT2D eigenvalue weighted by atomic mass is 32.2. The lowest BCUT2D eigenvalue weighted by Gasteiger charge is -2.27. The first-order valence-corrected chi connectivity index (χ1v) is 9.13. The van der Waals surface area contributed by atoms with Gasteiger partial charge in [-0.2, -0.15) is 0 Å². The molecule has 26 heavy (non-hydrogen) atoms. The van der Waals surface area contributed by atoms with E-state index in [1.165, 1.54) is 16.7 Å². The summed E-state index contributed by atoms with van der Waals surface area (Å²) in [5.74, 6) is -0.151. The Bertz CT molecular complexity index is 783. The van der Waals surface area contributed by atoms with E-state index < -0.39 is 23.5 Å². The molecule has 0 bridgehead atoms. The summed E-state index contributed by atoms with van der Waals surface area (Å²) < 4.78 is 10.8. The molecule has 0 aromatic heterocycles. The maximum Gasteiger partial charge on any atom is 0.412 e. The summed E-state index contributed by atoms with van der Waals surface area (Å²) in [7, 11) is 1.55. The molecular formula is C19H19NO5S. The number of nitrogens with zero attached hydrogens (tertiary/aromatic N) is 1. The minimum Gasteiger partial charge on any atom is -0.496 e. The summed E-state index contributed by atoms with van der Waals surface area (Å²) in [6, 6.07) is 15.6. The van der Waals surface area contributed by atoms with E-state index >= 15 is 0 Å². The first-order chi connectivity index (χ1) is 12.6. The van der Waals surface area contributed by atoms with Crippen LogP contribution in [0.25, 0.3) is 0 Å². The SMILES string of the molecule is COc1ccccc1[C@H]1SCC(C(=O)O)N1C(=O)OCc1ccccc1. The van der Waals surface area contributed by atoms with Gasteiger partial charge >= 0.3 is 12.1 Å². The average Bonchev–Trinajstić information content (AvgIpc) is 3.12. The van der Waals surface area contributed by atoms with Crippen LogP contribution >= 0.6 is 11.8 Å². The van der Waals surface area contributed by atoms with Gasteiger partial charge in [-0.25, -0.2) is 9.59 Å². The van der Waals surface area contributed by atoms with Gasteiger partial charge in [0.15, 0.2) is 0 Å². The molecule has 3 rings (SSSR count). The predicted molar refractivity (Wildman–Crippen MR) is 98.1 cm³/mol. The lowest BCUT2D eigenvalue weighted by Crippen LogP contribution is -2.43. The number of rotatable bonds is 5. The Morgan fingerprint density at radius 3 is 2.54 bits per heavy atom. The van der Waals surface area contributed by atoms with Crippen LogP contribution in [0.3, 0.4) is 0 Å². The molecule has 1 aliphatic heterocycles. The molecule has 1 aliphatic rings. The number of aliphatic carboxylic acids is 1. The average molecular weight is 373 g/mol. The van der Waals surface area contributed by atoms with Crippen molar-refractivity contribution in [1.82, 2.24) is 4.90 Å². The number of carboxylic acids is 1. The zero-order valence-electron chi connectivity index (χ0n) is 14.2. The molecule has 0 spiro atoms. The van der Waals surface area contributed by atoms with Crippen LogP contribution < -0.4 is 4.74 Å². The molecule has 2 aromatic rings. The van der Waals surface area contributed by atoms with Crippen molar-refractivity contribution in [2.75, 3.05) is 12.9 Å². The molecule has 1 fully saturated rings. The Morgan fingerprint density at radius 2 is 1.85 bits per heavy atom. The van der Waals surface area contributed by atoms with E-state index in [9.17, 15) is 14.7 Å². The van der Waals surface area contributed by atoms with Crippen LogP contribution in [0.1, 0.15) is 16.5 Å². The normalized spacial score (nSPS) is 19.2. The van der Waals surface area contributed by atoms with Gasteiger partial charge in [-0.3, -0.25) is 4.90 Å². The third-order valence-corrected chi connectivity index (χ3v) is 5.41. The fourth-order valence-electron chi connectivity index (χ4n) is 2.82. The molecule has 1 amide bonds. The van der Waals surface area contributed by atoms with Crippen LogP contribution in [0.15, 0.2) is 54.6 Å². The zero-order valence-corrected chi connectivity index (χ0v) is 15.0. The molecule has 136 valence electrons. The Labute approximate surface area is 155 Å². The number of ether oxygens (including phenoxy) is 2. The first kappa shape index (κ1) is 18.1. The van der Waals surface area contributed by atoms with E-state index in [4.69, 9.17) is 9.47 Å². The molecule has 1 saturated heterocycles. The number of hydrogen-bond donors (Lipinski definition) is 1. The Balaban J connectivity index is 1.83. The van der Waals surface area contributed by atoms with Gasteiger partial charge in [-0.15, -0.1) is 11.8 Å². The Kier molecular flexibility index (Phi) is 5.68. The maximum atomic E-state index is 12.7. The van der Waals surface area contributed by atoms with Crippen LogP contribution in [0, 0.1) is 0 Å². The topological polar surface area (TPSA) is 76.1 Å². The largest absolute Gasteiger partial charge is 0.496 e. The molecule has 0 aliphatic carbocycles. The fourth-order valence-corrected chi connectivity index (χ4v) is 4.26. The Hall–Kier alpha value is -2.67. The van der Waals surface area contributed by atoms with Crippen LogP contribution in [0.4, 0.5) is 4.79 Å². The molecule has 2 aromatic carbocycles. The number of hydrogen-bond acceptors (Lipinski definition) is 5. The third-order valence-electron chi connectivity index (χ3n) is 4.11. The van der Waals surface area contributed by atoms with Crippen LogP contribution in [-0.2, 0) is 16.1 Å². The molecule has 0 saturated carbocycles. The maximum absolute atomic E-state index is 12.7. The highest BCUT2D eigenvalue weighted by Crippen LogP contribution is 2.44. The van der Waals surface area contributed by atoms with Gasteiger partial charge in [0.1, 0.15) is 23.8 Å². The van der Waals surface area contributed by atoms with Crippen molar-refractivity contribution in [2.24, 2.45) is 0 Å². The van der Waals surface area contributed by atoms with Gasteiger partial charge in [0.2, 0.25) is 0 Å². The molecule has 1 heterocycles. The minimum atomic E-state index is -1.05. The second-order valence-electron chi connectivity index (χ2n) is 5.73. The molecule has 1 N–H and O–H groups in total. The van der Waals surface area contributed by atoms with Gasteiger partial charge in [0.05, 0.1) is 7.11 Å². The smallest absolute Gasteiger partial charge is 0.412 e. The molecular weight excluding hydrogens is 354 g/mol. The van der Waals surface area contributed by atoms with Crippen LogP contribution in [-0.4, -0.2) is 41.0 Å². The standard InChI is InChI=1S/C19H19NO5S/c1-24-16-10-6-5-9-14(16)17-20(15(12-26-17)18(21)22)19(23)25-11-13-7-3-2-4-8-13/h2-10,15,17H,11-12H2,1H3,(H,21,22)/t15?,17-/m1/s1. The van der Waals surface area contributed by atoms with Crippen molar-refractivity contribution in [1.29, 1.82) is 0 Å². The van der Waals surface area contributed by atoms with E-state index in [-0.39, 0.29) is 6.61 Å². The van der Waals surface area contributed by atoms with E-state index in [1.807, 2.05) is 48.5 Å². The second-order valence-corrected chi connectivity index (χ2v) is 6.84. The highest BCUT2D eigenvalue weighted by Gasteiger charge is 2.44. The molecule has 2 atom stereocenters. The summed E-state index contributed by atoms with van der Waals surface area (Å²) in [4.78, 5) is 25.6. The summed E-state index contributed by atoms with van der Waals surface area (Å²) in [6.45, 7) is 0.0891. The van der Waals surface area contributed by atoms with Crippen LogP contribution in [0.2, 0.25) is 0 Å². The third kappa shape index (κ3) is 3.77. The van der Waals surface area contributed by atoms with Gasteiger partial charge in [0, 0.05) is 11.3 Å². The summed E-state index contributed by atoms with van der Waals surface area (Å²) in [5.41, 5.74) is 1.59. The van der Waals surface area contributed by atoms with Crippen molar-refractivity contribution < 1.29 is 24.2 Å². The molecule has 1 unspecified atom stereocenters. The van der Waals surface area contributed by atoms with E-state index in [0.717, 1.165) is 11.1 Å². The lowest BCUT2D eigenvalue weighted by molar-refractivity contribution is -0.141. The highest BCUT2D eigenvalue weighted by molar-refractivity contribution is 7.99. The van der Waals surface area contributed by atoms with E-state index in [0.29, 0.717) is 11.5 Å². The first-order valence-electron chi connectivity index (χ1n) is 8.08. The number of benzene rings is 2. The predicted octanol–water partition coefficient (Wildman–Crippen LogP) is 3.53. The van der Waals surface area contributed by atoms with Crippen molar-refractivity contribution in [3.05, 3.63) is 65.7 Å². The van der Waals surface area contributed by atoms with Gasteiger partial charge in [-0.1, -0.05) is 48.5 Å². The number of carboxylic acid groups (broad SMARTS) is 1. The van der Waals surface area contributed by atoms with Crippen LogP contribution in [0.5, 0.6) is 5.75 Å². The number of para-hydroxylation sites is 1. The van der Waals surface area contributed by atoms with Crippen molar-refractivity contribution in [3.63, 3.8) is 0 Å². The summed E-state index contributed by atoms with van der Waals surface area (Å²) in [5, 5.41) is 9.04. The zero-order chi connectivity index (χ0) is 18.5.